The van der Waals surface area contributed by atoms with Gasteiger partial charge in [-0.05, 0) is 58.8 Å². The van der Waals surface area contributed by atoms with Gasteiger partial charge in [-0.2, -0.15) is 4.31 Å². The summed E-state index contributed by atoms with van der Waals surface area (Å²) in [5, 5.41) is 2.10. The SMILES string of the molecule is COc1ccc(C(C#Cc2ccccc2)N(CC#Cc2cccc3ccccc23)S(=O)(=O)c2ccccc2)cc1. The Morgan fingerprint density at radius 1 is 0.725 bits per heavy atom. The van der Waals surface area contributed by atoms with E-state index in [4.69, 9.17) is 4.74 Å². The quantitative estimate of drug-likeness (QED) is 0.225. The average Bonchev–Trinajstić information content (AvgIpc) is 3.01. The van der Waals surface area contributed by atoms with Crippen molar-refractivity contribution >= 4 is 20.8 Å². The Morgan fingerprint density at radius 3 is 2.10 bits per heavy atom. The molecule has 5 aromatic carbocycles. The molecular formula is C35H27NO3S. The Kier molecular flexibility index (Phi) is 8.28. The Bertz CT molecular complexity index is 1820. The van der Waals surface area contributed by atoms with E-state index in [1.165, 1.54) is 4.31 Å². The highest BCUT2D eigenvalue weighted by Gasteiger charge is 2.31. The fraction of sp³-hybridized carbons (Fsp3) is 0.0857. The highest BCUT2D eigenvalue weighted by molar-refractivity contribution is 7.89. The molecule has 5 rings (SSSR count). The summed E-state index contributed by atoms with van der Waals surface area (Å²) >= 11 is 0. The third-order valence-electron chi connectivity index (χ3n) is 6.44. The smallest absolute Gasteiger partial charge is 0.245 e. The largest absolute Gasteiger partial charge is 0.497 e. The Labute approximate surface area is 235 Å². The average molecular weight is 542 g/mol. The van der Waals surface area contributed by atoms with E-state index >= 15 is 0 Å². The normalized spacial score (nSPS) is 11.7. The molecule has 0 fully saturated rings. The molecule has 0 saturated heterocycles. The summed E-state index contributed by atoms with van der Waals surface area (Å²) in [6, 6.07) is 38.4. The predicted molar refractivity (Wildman–Crippen MR) is 160 cm³/mol. The number of ether oxygens (including phenoxy) is 1. The summed E-state index contributed by atoms with van der Waals surface area (Å²) < 4.78 is 34.9. The molecule has 1 atom stereocenters. The third kappa shape index (κ3) is 6.08. The van der Waals surface area contributed by atoms with Crippen LogP contribution in [0.5, 0.6) is 5.75 Å². The van der Waals surface area contributed by atoms with Gasteiger partial charge in [0.05, 0.1) is 18.6 Å². The van der Waals surface area contributed by atoms with E-state index < -0.39 is 16.1 Å². The highest BCUT2D eigenvalue weighted by atomic mass is 32.2. The molecule has 0 aliphatic heterocycles. The lowest BCUT2D eigenvalue weighted by molar-refractivity contribution is 0.406. The molecule has 1 unspecified atom stereocenters. The van der Waals surface area contributed by atoms with Crippen molar-refractivity contribution in [1.82, 2.24) is 4.31 Å². The zero-order valence-corrected chi connectivity index (χ0v) is 22.8. The van der Waals surface area contributed by atoms with Crippen molar-refractivity contribution in [2.75, 3.05) is 13.7 Å². The van der Waals surface area contributed by atoms with Gasteiger partial charge in [-0.1, -0.05) is 109 Å². The molecule has 0 amide bonds. The standard InChI is InChI=1S/C35H27NO3S/c1-39-32-24-22-31(23-25-32)35(26-21-28-12-4-2-5-13-28)36(40(37,38)33-18-6-3-7-19-33)27-11-17-30-16-10-15-29-14-8-9-20-34(29)30/h2-10,12-16,18-20,22-25,35H,27H2,1H3. The Hall–Kier alpha value is -4.81. The van der Waals surface area contributed by atoms with Gasteiger partial charge in [-0.3, -0.25) is 0 Å². The number of sulfonamides is 1. The van der Waals surface area contributed by atoms with Gasteiger partial charge in [0.2, 0.25) is 10.0 Å². The molecule has 0 aromatic heterocycles. The number of methoxy groups -OCH3 is 1. The minimum atomic E-state index is -3.97. The van der Waals surface area contributed by atoms with E-state index in [2.05, 4.69) is 23.7 Å². The van der Waals surface area contributed by atoms with Gasteiger partial charge in [-0.15, -0.1) is 0 Å². The highest BCUT2D eigenvalue weighted by Crippen LogP contribution is 2.29. The van der Waals surface area contributed by atoms with Crippen LogP contribution in [0.4, 0.5) is 0 Å². The van der Waals surface area contributed by atoms with Crippen LogP contribution in [-0.2, 0) is 10.0 Å². The van der Waals surface area contributed by atoms with Crippen LogP contribution in [0, 0.1) is 23.7 Å². The van der Waals surface area contributed by atoms with Gasteiger partial charge in [0.1, 0.15) is 11.8 Å². The first-order valence-corrected chi connectivity index (χ1v) is 14.2. The summed E-state index contributed by atoms with van der Waals surface area (Å²) in [6.07, 6.45) is 0. The van der Waals surface area contributed by atoms with Gasteiger partial charge in [0.15, 0.2) is 0 Å². The minimum absolute atomic E-state index is 0.0549. The first-order chi connectivity index (χ1) is 19.6. The second-order valence-electron chi connectivity index (χ2n) is 9.00. The zero-order chi connectivity index (χ0) is 27.8. The van der Waals surface area contributed by atoms with E-state index in [1.54, 1.807) is 37.4 Å². The lowest BCUT2D eigenvalue weighted by Gasteiger charge is -2.26. The molecule has 40 heavy (non-hydrogen) atoms. The van der Waals surface area contributed by atoms with Crippen molar-refractivity contribution in [2.24, 2.45) is 0 Å². The van der Waals surface area contributed by atoms with Gasteiger partial charge >= 0.3 is 0 Å². The fourth-order valence-corrected chi connectivity index (χ4v) is 5.83. The lowest BCUT2D eigenvalue weighted by Crippen LogP contribution is -2.35. The molecule has 0 heterocycles. The zero-order valence-electron chi connectivity index (χ0n) is 22.0. The first kappa shape index (κ1) is 26.8. The molecule has 5 aromatic rings. The molecule has 5 heteroatoms. The first-order valence-electron chi connectivity index (χ1n) is 12.8. The van der Waals surface area contributed by atoms with Crippen molar-refractivity contribution in [1.29, 1.82) is 0 Å². The summed E-state index contributed by atoms with van der Waals surface area (Å²) in [7, 11) is -2.37. The van der Waals surface area contributed by atoms with Crippen LogP contribution < -0.4 is 4.74 Å². The van der Waals surface area contributed by atoms with Crippen LogP contribution in [0.2, 0.25) is 0 Å². The maximum absolute atomic E-state index is 14.1. The minimum Gasteiger partial charge on any atom is -0.497 e. The molecule has 0 spiro atoms. The molecule has 0 bridgehead atoms. The second kappa shape index (κ2) is 12.4. The Balaban J connectivity index is 1.62. The van der Waals surface area contributed by atoms with E-state index in [0.717, 1.165) is 27.5 Å². The number of hydrogen-bond donors (Lipinski definition) is 0. The molecule has 0 aliphatic rings. The summed E-state index contributed by atoms with van der Waals surface area (Å²) in [6.45, 7) is -0.0549. The van der Waals surface area contributed by atoms with Gasteiger partial charge in [0.25, 0.3) is 0 Å². The van der Waals surface area contributed by atoms with Crippen molar-refractivity contribution in [2.45, 2.75) is 10.9 Å². The topological polar surface area (TPSA) is 46.6 Å². The van der Waals surface area contributed by atoms with Gasteiger partial charge < -0.3 is 4.74 Å². The summed E-state index contributed by atoms with van der Waals surface area (Å²) in [5.41, 5.74) is 2.35. The molecule has 0 aliphatic carbocycles. The number of rotatable bonds is 6. The maximum atomic E-state index is 14.1. The predicted octanol–water partition coefficient (Wildman–Crippen LogP) is 6.68. The van der Waals surface area contributed by atoms with E-state index in [-0.39, 0.29) is 11.4 Å². The van der Waals surface area contributed by atoms with E-state index in [9.17, 15) is 8.42 Å². The number of hydrogen-bond acceptors (Lipinski definition) is 3. The molecule has 0 radical (unpaired) electrons. The van der Waals surface area contributed by atoms with E-state index in [1.807, 2.05) is 97.1 Å². The van der Waals surface area contributed by atoms with Crippen LogP contribution in [0.25, 0.3) is 10.8 Å². The maximum Gasteiger partial charge on any atom is 0.245 e. The molecule has 196 valence electrons. The van der Waals surface area contributed by atoms with Gasteiger partial charge in [0, 0.05) is 11.1 Å². The van der Waals surface area contributed by atoms with Crippen molar-refractivity contribution in [3.63, 3.8) is 0 Å². The number of nitrogens with zero attached hydrogens (tertiary/aromatic N) is 1. The lowest BCUT2D eigenvalue weighted by atomic mass is 10.0. The van der Waals surface area contributed by atoms with Crippen LogP contribution in [0.3, 0.4) is 0 Å². The molecule has 0 N–H and O–H groups in total. The van der Waals surface area contributed by atoms with Crippen LogP contribution >= 0.6 is 0 Å². The third-order valence-corrected chi connectivity index (χ3v) is 8.27. The Morgan fingerprint density at radius 2 is 1.38 bits per heavy atom. The summed E-state index contributed by atoms with van der Waals surface area (Å²) in [5.74, 6) is 13.4. The van der Waals surface area contributed by atoms with Crippen LogP contribution in [0.1, 0.15) is 22.7 Å². The van der Waals surface area contributed by atoms with Crippen molar-refractivity contribution < 1.29 is 13.2 Å². The van der Waals surface area contributed by atoms with Crippen molar-refractivity contribution in [3.05, 3.63) is 144 Å². The molecule has 0 saturated carbocycles. The second-order valence-corrected chi connectivity index (χ2v) is 10.9. The fourth-order valence-electron chi connectivity index (χ4n) is 4.37. The van der Waals surface area contributed by atoms with Crippen LogP contribution in [0.15, 0.2) is 132 Å². The van der Waals surface area contributed by atoms with Crippen molar-refractivity contribution in [3.8, 4) is 29.4 Å². The van der Waals surface area contributed by atoms with E-state index in [0.29, 0.717) is 5.75 Å². The number of fused-ring (bicyclic) bond motifs is 1. The molecular weight excluding hydrogens is 514 g/mol. The summed E-state index contributed by atoms with van der Waals surface area (Å²) in [4.78, 5) is 0.182. The molecule has 4 nitrogen and oxygen atoms in total. The monoisotopic (exact) mass is 541 g/mol. The van der Waals surface area contributed by atoms with Gasteiger partial charge in [-0.25, -0.2) is 8.42 Å². The van der Waals surface area contributed by atoms with Crippen LogP contribution in [-0.4, -0.2) is 26.4 Å². The number of benzene rings is 5.